The number of hydrogen-bond acceptors (Lipinski definition) is 3. The van der Waals surface area contributed by atoms with E-state index in [-0.39, 0.29) is 5.97 Å². The van der Waals surface area contributed by atoms with Crippen LogP contribution in [-0.2, 0) is 4.79 Å². The molecule has 3 aromatic rings. The van der Waals surface area contributed by atoms with Crippen LogP contribution in [0.1, 0.15) is 17.0 Å². The predicted octanol–water partition coefficient (Wildman–Crippen LogP) is 4.58. The maximum atomic E-state index is 12.8. The number of pyridine rings is 1. The second kappa shape index (κ2) is 7.20. The summed E-state index contributed by atoms with van der Waals surface area (Å²) in [5.41, 5.74) is 1.78. The standard InChI is InChI=1S/C19H14BrNO2/c20-18-16(12-7-13-21-18)23-19(22)17(14-8-3-1-4-9-14)15-10-5-2-6-11-15/h1-13,17H. The largest absolute Gasteiger partial charge is 0.423 e. The van der Waals surface area contributed by atoms with Crippen molar-refractivity contribution in [2.75, 3.05) is 0 Å². The van der Waals surface area contributed by atoms with E-state index in [1.165, 1.54) is 0 Å². The van der Waals surface area contributed by atoms with Crippen LogP contribution in [0, 0.1) is 0 Å². The number of benzene rings is 2. The van der Waals surface area contributed by atoms with Crippen LogP contribution >= 0.6 is 15.9 Å². The van der Waals surface area contributed by atoms with Gasteiger partial charge in [-0.2, -0.15) is 0 Å². The lowest BCUT2D eigenvalue weighted by molar-refractivity contribution is -0.135. The molecule has 0 saturated carbocycles. The van der Waals surface area contributed by atoms with Gasteiger partial charge in [0, 0.05) is 6.20 Å². The fraction of sp³-hybridized carbons (Fsp3) is 0.0526. The van der Waals surface area contributed by atoms with E-state index in [1.807, 2.05) is 60.7 Å². The molecule has 23 heavy (non-hydrogen) atoms. The van der Waals surface area contributed by atoms with Crippen molar-refractivity contribution in [3.8, 4) is 5.75 Å². The van der Waals surface area contributed by atoms with Gasteiger partial charge in [-0.05, 0) is 39.2 Å². The minimum atomic E-state index is -0.482. The molecule has 3 nitrogen and oxygen atoms in total. The van der Waals surface area contributed by atoms with Crippen molar-refractivity contribution < 1.29 is 9.53 Å². The molecule has 0 aliphatic rings. The molecule has 0 spiro atoms. The zero-order valence-electron chi connectivity index (χ0n) is 12.2. The number of esters is 1. The van der Waals surface area contributed by atoms with Crippen molar-refractivity contribution in [3.63, 3.8) is 0 Å². The maximum Gasteiger partial charge on any atom is 0.323 e. The Morgan fingerprint density at radius 3 is 1.96 bits per heavy atom. The molecular formula is C19H14BrNO2. The maximum absolute atomic E-state index is 12.8. The Balaban J connectivity index is 1.96. The highest BCUT2D eigenvalue weighted by Gasteiger charge is 2.25. The first-order valence-corrected chi connectivity index (χ1v) is 7.97. The first-order valence-electron chi connectivity index (χ1n) is 7.18. The van der Waals surface area contributed by atoms with Crippen LogP contribution < -0.4 is 4.74 Å². The topological polar surface area (TPSA) is 39.2 Å². The highest BCUT2D eigenvalue weighted by Crippen LogP contribution is 2.29. The fourth-order valence-corrected chi connectivity index (χ4v) is 2.70. The van der Waals surface area contributed by atoms with E-state index in [2.05, 4.69) is 20.9 Å². The van der Waals surface area contributed by atoms with Gasteiger partial charge in [-0.1, -0.05) is 60.7 Å². The molecule has 0 amide bonds. The van der Waals surface area contributed by atoms with Crippen LogP contribution in [0.4, 0.5) is 0 Å². The third-order valence-corrected chi connectivity index (χ3v) is 4.03. The minimum Gasteiger partial charge on any atom is -0.423 e. The van der Waals surface area contributed by atoms with Crippen LogP contribution in [-0.4, -0.2) is 11.0 Å². The lowest BCUT2D eigenvalue weighted by Crippen LogP contribution is -2.20. The van der Waals surface area contributed by atoms with E-state index < -0.39 is 5.92 Å². The number of carbonyl (C=O) groups is 1. The quantitative estimate of drug-likeness (QED) is 0.500. The van der Waals surface area contributed by atoms with E-state index in [0.717, 1.165) is 11.1 Å². The molecule has 0 atom stereocenters. The third kappa shape index (κ3) is 3.66. The fourth-order valence-electron chi connectivity index (χ4n) is 2.37. The second-order valence-electron chi connectivity index (χ2n) is 4.97. The number of rotatable bonds is 4. The van der Waals surface area contributed by atoms with Crippen molar-refractivity contribution in [1.29, 1.82) is 0 Å². The minimum absolute atomic E-state index is 0.337. The average molecular weight is 368 g/mol. The molecule has 0 N–H and O–H groups in total. The molecule has 0 aliphatic heterocycles. The van der Waals surface area contributed by atoms with Crippen molar-refractivity contribution >= 4 is 21.9 Å². The second-order valence-corrected chi connectivity index (χ2v) is 5.72. The number of ether oxygens (including phenoxy) is 1. The Morgan fingerprint density at radius 2 is 1.43 bits per heavy atom. The highest BCUT2D eigenvalue weighted by molar-refractivity contribution is 9.10. The molecule has 1 heterocycles. The molecule has 0 unspecified atom stereocenters. The van der Waals surface area contributed by atoms with Gasteiger partial charge < -0.3 is 4.74 Å². The Labute approximate surface area is 143 Å². The Morgan fingerprint density at radius 1 is 0.870 bits per heavy atom. The summed E-state index contributed by atoms with van der Waals surface area (Å²) in [6.07, 6.45) is 1.63. The van der Waals surface area contributed by atoms with Crippen molar-refractivity contribution in [1.82, 2.24) is 4.98 Å². The van der Waals surface area contributed by atoms with Gasteiger partial charge >= 0.3 is 5.97 Å². The van der Waals surface area contributed by atoms with E-state index >= 15 is 0 Å². The first kappa shape index (κ1) is 15.4. The van der Waals surface area contributed by atoms with Crippen LogP contribution in [0.2, 0.25) is 0 Å². The van der Waals surface area contributed by atoms with Gasteiger partial charge in [0.25, 0.3) is 0 Å². The summed E-state index contributed by atoms with van der Waals surface area (Å²) in [4.78, 5) is 16.9. The van der Waals surface area contributed by atoms with Crippen molar-refractivity contribution in [2.45, 2.75) is 5.92 Å². The van der Waals surface area contributed by atoms with E-state index in [1.54, 1.807) is 18.3 Å². The predicted molar refractivity (Wildman–Crippen MR) is 92.3 cm³/mol. The molecule has 0 bridgehead atoms. The molecule has 0 radical (unpaired) electrons. The van der Waals surface area contributed by atoms with E-state index in [9.17, 15) is 4.79 Å². The van der Waals surface area contributed by atoms with Gasteiger partial charge in [-0.25, -0.2) is 4.98 Å². The lowest BCUT2D eigenvalue weighted by Gasteiger charge is -2.17. The van der Waals surface area contributed by atoms with Gasteiger partial charge in [0.1, 0.15) is 10.5 Å². The summed E-state index contributed by atoms with van der Waals surface area (Å²) < 4.78 is 6.08. The summed E-state index contributed by atoms with van der Waals surface area (Å²) in [5.74, 6) is -0.407. The zero-order valence-corrected chi connectivity index (χ0v) is 13.8. The van der Waals surface area contributed by atoms with Gasteiger partial charge in [0.15, 0.2) is 5.75 Å². The number of aromatic nitrogens is 1. The van der Waals surface area contributed by atoms with E-state index in [4.69, 9.17) is 4.74 Å². The molecule has 0 fully saturated rings. The molecule has 114 valence electrons. The monoisotopic (exact) mass is 367 g/mol. The summed E-state index contributed by atoms with van der Waals surface area (Å²) >= 11 is 3.30. The molecule has 0 saturated heterocycles. The average Bonchev–Trinajstić information content (AvgIpc) is 2.59. The molecule has 3 rings (SSSR count). The number of hydrogen-bond donors (Lipinski definition) is 0. The number of halogens is 1. The summed E-state index contributed by atoms with van der Waals surface area (Å²) in [7, 11) is 0. The van der Waals surface area contributed by atoms with Crippen LogP contribution in [0.15, 0.2) is 83.6 Å². The summed E-state index contributed by atoms with van der Waals surface area (Å²) in [5, 5.41) is 0. The Kier molecular flexibility index (Phi) is 4.83. The third-order valence-electron chi connectivity index (χ3n) is 3.44. The Bertz CT molecular complexity index is 751. The summed E-state index contributed by atoms with van der Waals surface area (Å²) in [6, 6.07) is 22.7. The summed E-state index contributed by atoms with van der Waals surface area (Å²) in [6.45, 7) is 0. The van der Waals surface area contributed by atoms with Gasteiger partial charge in [0.05, 0.1) is 0 Å². The van der Waals surface area contributed by atoms with Crippen LogP contribution in [0.3, 0.4) is 0 Å². The van der Waals surface area contributed by atoms with Crippen LogP contribution in [0.5, 0.6) is 5.75 Å². The van der Waals surface area contributed by atoms with Crippen LogP contribution in [0.25, 0.3) is 0 Å². The van der Waals surface area contributed by atoms with Crippen molar-refractivity contribution in [2.24, 2.45) is 0 Å². The Hall–Kier alpha value is -2.46. The lowest BCUT2D eigenvalue weighted by atomic mass is 9.91. The number of carbonyl (C=O) groups excluding carboxylic acids is 1. The number of nitrogens with zero attached hydrogens (tertiary/aromatic N) is 1. The normalized spacial score (nSPS) is 10.5. The SMILES string of the molecule is O=C(Oc1cccnc1Br)C(c1ccccc1)c1ccccc1. The molecule has 4 heteroatoms. The van der Waals surface area contributed by atoms with Gasteiger partial charge in [-0.3, -0.25) is 4.79 Å². The molecular weight excluding hydrogens is 354 g/mol. The van der Waals surface area contributed by atoms with Gasteiger partial charge in [-0.15, -0.1) is 0 Å². The smallest absolute Gasteiger partial charge is 0.323 e. The zero-order chi connectivity index (χ0) is 16.1. The molecule has 1 aromatic heterocycles. The van der Waals surface area contributed by atoms with E-state index in [0.29, 0.717) is 10.4 Å². The molecule has 2 aromatic carbocycles. The van der Waals surface area contributed by atoms with Gasteiger partial charge in [0.2, 0.25) is 0 Å². The first-order chi connectivity index (χ1) is 11.3. The highest BCUT2D eigenvalue weighted by atomic mass is 79.9. The molecule has 0 aliphatic carbocycles. The van der Waals surface area contributed by atoms with Crippen molar-refractivity contribution in [3.05, 3.63) is 94.7 Å².